The molecular formula is C22H24ClN3O2S. The van der Waals surface area contributed by atoms with Crippen molar-refractivity contribution in [1.82, 2.24) is 4.98 Å². The fourth-order valence-electron chi connectivity index (χ4n) is 3.38. The lowest BCUT2D eigenvalue weighted by Crippen LogP contribution is -2.25. The smallest absolute Gasteiger partial charge is 0.238 e. The first kappa shape index (κ1) is 21.5. The summed E-state index contributed by atoms with van der Waals surface area (Å²) in [7, 11) is 1.54. The summed E-state index contributed by atoms with van der Waals surface area (Å²) in [5.41, 5.74) is 4.20. The minimum atomic E-state index is -0.378. The van der Waals surface area contributed by atoms with E-state index in [-0.39, 0.29) is 11.2 Å². The third-order valence-electron chi connectivity index (χ3n) is 5.04. The highest BCUT2D eigenvalue weighted by atomic mass is 35.5. The van der Waals surface area contributed by atoms with Crippen molar-refractivity contribution in [3.05, 3.63) is 45.6 Å². The Bertz CT molecular complexity index is 972. The number of fused-ring (bicyclic) bond motifs is 1. The van der Waals surface area contributed by atoms with Gasteiger partial charge in [-0.2, -0.15) is 5.26 Å². The van der Waals surface area contributed by atoms with E-state index >= 15 is 0 Å². The number of pyridine rings is 1. The number of hydrogen-bond donors (Lipinski definition) is 1. The van der Waals surface area contributed by atoms with Crippen LogP contribution >= 0.6 is 23.4 Å². The highest BCUT2D eigenvalue weighted by molar-refractivity contribution is 8.00. The number of nitrogens with zero attached hydrogens (tertiary/aromatic N) is 2. The van der Waals surface area contributed by atoms with Crippen molar-refractivity contribution in [3.63, 3.8) is 0 Å². The van der Waals surface area contributed by atoms with E-state index in [2.05, 4.69) is 11.4 Å². The summed E-state index contributed by atoms with van der Waals surface area (Å²) in [5.74, 6) is 0.361. The quantitative estimate of drug-likeness (QED) is 0.629. The van der Waals surface area contributed by atoms with Crippen LogP contribution in [-0.2, 0) is 17.6 Å². The number of amides is 1. The van der Waals surface area contributed by atoms with Crippen molar-refractivity contribution in [2.75, 3.05) is 12.4 Å². The van der Waals surface area contributed by atoms with E-state index in [1.165, 1.54) is 11.8 Å². The molecule has 1 aliphatic rings. The van der Waals surface area contributed by atoms with E-state index < -0.39 is 0 Å². The summed E-state index contributed by atoms with van der Waals surface area (Å²) in [6, 6.07) is 7.68. The predicted octanol–water partition coefficient (Wildman–Crippen LogP) is 5.31. The molecule has 5 nitrogen and oxygen atoms in total. The lowest BCUT2D eigenvalue weighted by atomic mass is 9.95. The lowest BCUT2D eigenvalue weighted by molar-refractivity contribution is -0.115. The lowest BCUT2D eigenvalue weighted by Gasteiger charge is -2.19. The van der Waals surface area contributed by atoms with E-state index in [4.69, 9.17) is 21.3 Å². The summed E-state index contributed by atoms with van der Waals surface area (Å²) >= 11 is 7.50. The molecule has 29 heavy (non-hydrogen) atoms. The van der Waals surface area contributed by atoms with Crippen LogP contribution in [0.1, 0.15) is 48.6 Å². The summed E-state index contributed by atoms with van der Waals surface area (Å²) in [6.45, 7) is 3.83. The molecule has 152 valence electrons. The van der Waals surface area contributed by atoms with E-state index in [0.29, 0.717) is 33.5 Å². The van der Waals surface area contributed by atoms with Gasteiger partial charge in [-0.05, 0) is 62.3 Å². The molecule has 1 N–H and O–H groups in total. The Hall–Kier alpha value is -2.23. The van der Waals surface area contributed by atoms with E-state index in [9.17, 15) is 10.1 Å². The molecule has 0 saturated heterocycles. The Balaban J connectivity index is 1.83. The summed E-state index contributed by atoms with van der Waals surface area (Å²) in [5, 5.41) is 13.4. The summed E-state index contributed by atoms with van der Waals surface area (Å²) < 4.78 is 5.35. The van der Waals surface area contributed by atoms with E-state index in [1.54, 1.807) is 19.2 Å². The van der Waals surface area contributed by atoms with Crippen molar-refractivity contribution >= 4 is 35.0 Å². The first-order chi connectivity index (χ1) is 14.0. The number of benzene rings is 1. The molecule has 3 rings (SSSR count). The van der Waals surface area contributed by atoms with Gasteiger partial charge in [-0.25, -0.2) is 4.98 Å². The molecule has 1 aromatic heterocycles. The standard InChI is InChI=1S/C22H24ClN3O2S/c1-4-20(21(27)25-18-9-13(2)16(23)11-19(18)28-3)29-22-15(12-24)10-14-7-5-6-8-17(14)26-22/h9-11,20H,4-8H2,1-3H3,(H,25,27). The van der Waals surface area contributed by atoms with Crippen LogP contribution in [0, 0.1) is 18.3 Å². The van der Waals surface area contributed by atoms with E-state index in [1.807, 2.05) is 19.9 Å². The SMILES string of the molecule is CCC(Sc1nc2c(cc1C#N)CCCC2)C(=O)Nc1cc(C)c(Cl)cc1OC. The average Bonchev–Trinajstić information content (AvgIpc) is 2.73. The number of anilines is 1. The van der Waals surface area contributed by atoms with Gasteiger partial charge in [0.25, 0.3) is 0 Å². The fourth-order valence-corrected chi connectivity index (χ4v) is 4.53. The van der Waals surface area contributed by atoms with E-state index in [0.717, 1.165) is 42.5 Å². The summed E-state index contributed by atoms with van der Waals surface area (Å²) in [6.07, 6.45) is 4.75. The second-order valence-corrected chi connectivity index (χ2v) is 8.67. The molecule has 1 aliphatic carbocycles. The first-order valence-electron chi connectivity index (χ1n) is 9.71. The maximum Gasteiger partial charge on any atom is 0.238 e. The Morgan fingerprint density at radius 2 is 2.14 bits per heavy atom. The van der Waals surface area contributed by atoms with Crippen molar-refractivity contribution in [1.29, 1.82) is 5.26 Å². The van der Waals surface area contributed by atoms with Crippen LogP contribution in [0.4, 0.5) is 5.69 Å². The topological polar surface area (TPSA) is 75.0 Å². The molecule has 1 aromatic carbocycles. The van der Waals surface area contributed by atoms with Gasteiger partial charge in [0, 0.05) is 16.8 Å². The number of aryl methyl sites for hydroxylation is 3. The Morgan fingerprint density at radius 1 is 1.38 bits per heavy atom. The molecular weight excluding hydrogens is 406 g/mol. The van der Waals surface area contributed by atoms with Crippen LogP contribution < -0.4 is 10.1 Å². The number of aromatic nitrogens is 1. The van der Waals surface area contributed by atoms with Crippen LogP contribution in [-0.4, -0.2) is 23.3 Å². The Labute approximate surface area is 180 Å². The zero-order valence-electron chi connectivity index (χ0n) is 16.8. The molecule has 0 fully saturated rings. The number of carbonyl (C=O) groups is 1. The monoisotopic (exact) mass is 429 g/mol. The second-order valence-electron chi connectivity index (χ2n) is 7.07. The fraction of sp³-hybridized carbons (Fsp3) is 0.409. The van der Waals surface area contributed by atoms with Gasteiger partial charge in [-0.15, -0.1) is 0 Å². The van der Waals surface area contributed by atoms with Gasteiger partial charge < -0.3 is 10.1 Å². The molecule has 2 aromatic rings. The molecule has 0 radical (unpaired) electrons. The van der Waals surface area contributed by atoms with Gasteiger partial charge in [0.15, 0.2) is 0 Å². The van der Waals surface area contributed by atoms with Crippen molar-refractivity contribution in [2.24, 2.45) is 0 Å². The molecule has 1 atom stereocenters. The second kappa shape index (κ2) is 9.51. The van der Waals surface area contributed by atoms with Gasteiger partial charge in [0.2, 0.25) is 5.91 Å². The molecule has 7 heteroatoms. The molecule has 1 unspecified atom stereocenters. The number of methoxy groups -OCH3 is 1. The number of ether oxygens (including phenoxy) is 1. The zero-order valence-corrected chi connectivity index (χ0v) is 18.4. The van der Waals surface area contributed by atoms with Crippen molar-refractivity contribution in [3.8, 4) is 11.8 Å². The van der Waals surface area contributed by atoms with Gasteiger partial charge in [-0.3, -0.25) is 4.79 Å². The third-order valence-corrected chi connectivity index (χ3v) is 6.82. The van der Waals surface area contributed by atoms with Gasteiger partial charge in [-0.1, -0.05) is 30.3 Å². The van der Waals surface area contributed by atoms with Crippen molar-refractivity contribution < 1.29 is 9.53 Å². The maximum absolute atomic E-state index is 13.0. The van der Waals surface area contributed by atoms with Crippen LogP contribution in [0.3, 0.4) is 0 Å². The largest absolute Gasteiger partial charge is 0.495 e. The van der Waals surface area contributed by atoms with Crippen LogP contribution in [0.15, 0.2) is 23.2 Å². The zero-order chi connectivity index (χ0) is 21.0. The Morgan fingerprint density at radius 3 is 2.83 bits per heavy atom. The minimum absolute atomic E-state index is 0.152. The van der Waals surface area contributed by atoms with Gasteiger partial charge >= 0.3 is 0 Å². The molecule has 1 heterocycles. The van der Waals surface area contributed by atoms with Gasteiger partial charge in [0.05, 0.1) is 23.6 Å². The minimum Gasteiger partial charge on any atom is -0.495 e. The van der Waals surface area contributed by atoms with Crippen LogP contribution in [0.2, 0.25) is 5.02 Å². The molecule has 0 bridgehead atoms. The number of nitriles is 1. The number of rotatable bonds is 6. The van der Waals surface area contributed by atoms with Gasteiger partial charge in [0.1, 0.15) is 16.8 Å². The van der Waals surface area contributed by atoms with Crippen LogP contribution in [0.5, 0.6) is 5.75 Å². The highest BCUT2D eigenvalue weighted by Crippen LogP contribution is 2.34. The molecule has 1 amide bonds. The number of hydrogen-bond acceptors (Lipinski definition) is 5. The van der Waals surface area contributed by atoms with Crippen LogP contribution in [0.25, 0.3) is 0 Å². The molecule has 0 spiro atoms. The highest BCUT2D eigenvalue weighted by Gasteiger charge is 2.23. The molecule has 0 aliphatic heterocycles. The van der Waals surface area contributed by atoms with Crippen molar-refractivity contribution in [2.45, 2.75) is 56.2 Å². The number of carbonyl (C=O) groups excluding carboxylic acids is 1. The Kier molecular flexibility index (Phi) is 7.05. The number of halogens is 1. The summed E-state index contributed by atoms with van der Waals surface area (Å²) in [4.78, 5) is 17.7. The normalized spacial score (nSPS) is 13.9. The predicted molar refractivity (Wildman–Crippen MR) is 117 cm³/mol. The average molecular weight is 430 g/mol. The third kappa shape index (κ3) is 4.85. The molecule has 0 saturated carbocycles. The first-order valence-corrected chi connectivity index (χ1v) is 11.0. The maximum atomic E-state index is 13.0. The number of thioether (sulfide) groups is 1. The number of nitrogens with one attached hydrogen (secondary N) is 1.